The second kappa shape index (κ2) is 16.0. The number of ether oxygens (including phenoxy) is 1. The van der Waals surface area contributed by atoms with Gasteiger partial charge < -0.3 is 26.4 Å². The predicted octanol–water partition coefficient (Wildman–Crippen LogP) is 3.63. The molecule has 9 nitrogen and oxygen atoms in total. The van der Waals surface area contributed by atoms with Gasteiger partial charge in [0, 0.05) is 43.9 Å². The van der Waals surface area contributed by atoms with Crippen molar-refractivity contribution in [1.82, 2.24) is 20.9 Å². The minimum atomic E-state index is -0.948. The van der Waals surface area contributed by atoms with Crippen LogP contribution in [0.15, 0.2) is 97.3 Å². The van der Waals surface area contributed by atoms with E-state index in [0.717, 1.165) is 27.8 Å². The number of amides is 3. The maximum Gasteiger partial charge on any atom is 0.251 e. The Hall–Kier alpha value is -5.02. The second-order valence-electron chi connectivity index (χ2n) is 10.5. The lowest BCUT2D eigenvalue weighted by Crippen LogP contribution is -2.55. The molecule has 0 aliphatic heterocycles. The Morgan fingerprint density at radius 3 is 2.18 bits per heavy atom. The van der Waals surface area contributed by atoms with Gasteiger partial charge in [-0.3, -0.25) is 19.4 Å². The Morgan fingerprint density at radius 1 is 0.818 bits per heavy atom. The molecule has 4 aromatic rings. The van der Waals surface area contributed by atoms with Gasteiger partial charge in [0.15, 0.2) is 0 Å². The molecule has 1 unspecified atom stereocenters. The summed E-state index contributed by atoms with van der Waals surface area (Å²) in [5, 5.41) is 8.73. The van der Waals surface area contributed by atoms with E-state index >= 15 is 0 Å². The quantitative estimate of drug-likeness (QED) is 0.176. The zero-order valence-corrected chi connectivity index (χ0v) is 25.1. The number of benzene rings is 3. The van der Waals surface area contributed by atoms with Crippen molar-refractivity contribution in [2.24, 2.45) is 5.73 Å². The molecule has 0 saturated heterocycles. The molecular formula is C35H39N5O4. The van der Waals surface area contributed by atoms with E-state index in [1.807, 2.05) is 68.4 Å². The number of pyridine rings is 1. The van der Waals surface area contributed by atoms with Crippen LogP contribution in [0.4, 0.5) is 0 Å². The fourth-order valence-corrected chi connectivity index (χ4v) is 4.81. The van der Waals surface area contributed by atoms with Crippen LogP contribution in [-0.4, -0.2) is 41.4 Å². The third-order valence-corrected chi connectivity index (χ3v) is 7.22. The number of hydrogen-bond donors (Lipinski definition) is 4. The summed E-state index contributed by atoms with van der Waals surface area (Å²) in [6.45, 7) is 5.15. The fraction of sp³-hybridized carbons (Fsp3) is 0.257. The van der Waals surface area contributed by atoms with Gasteiger partial charge in [-0.1, -0.05) is 54.6 Å². The minimum Gasteiger partial charge on any atom is -0.494 e. The van der Waals surface area contributed by atoms with Crippen LogP contribution in [0.2, 0.25) is 0 Å². The normalized spacial score (nSPS) is 12.1. The lowest BCUT2D eigenvalue weighted by Gasteiger charge is -2.24. The highest BCUT2D eigenvalue weighted by atomic mass is 16.5. The van der Waals surface area contributed by atoms with Crippen LogP contribution in [-0.2, 0) is 35.5 Å². The maximum atomic E-state index is 13.8. The molecule has 0 aliphatic carbocycles. The third kappa shape index (κ3) is 9.24. The van der Waals surface area contributed by atoms with Crippen LogP contribution >= 0.6 is 0 Å². The van der Waals surface area contributed by atoms with E-state index < -0.39 is 18.0 Å². The molecule has 0 aliphatic rings. The summed E-state index contributed by atoms with van der Waals surface area (Å²) in [7, 11) is 0. The van der Waals surface area contributed by atoms with Crippen molar-refractivity contribution in [2.75, 3.05) is 6.61 Å². The van der Waals surface area contributed by atoms with Gasteiger partial charge >= 0.3 is 0 Å². The van der Waals surface area contributed by atoms with Crippen molar-refractivity contribution in [2.45, 2.75) is 51.9 Å². The summed E-state index contributed by atoms with van der Waals surface area (Å²) < 4.78 is 5.54. The lowest BCUT2D eigenvalue weighted by molar-refractivity contribution is -0.130. The van der Waals surface area contributed by atoms with E-state index in [1.54, 1.807) is 42.7 Å². The van der Waals surface area contributed by atoms with Gasteiger partial charge in [0.2, 0.25) is 11.8 Å². The average Bonchev–Trinajstić information content (AvgIpc) is 3.05. The van der Waals surface area contributed by atoms with Gasteiger partial charge in [-0.05, 0) is 72.0 Å². The van der Waals surface area contributed by atoms with E-state index in [4.69, 9.17) is 10.5 Å². The minimum absolute atomic E-state index is 0.213. The summed E-state index contributed by atoms with van der Waals surface area (Å²) in [4.78, 5) is 44.6. The number of rotatable bonds is 14. The summed E-state index contributed by atoms with van der Waals surface area (Å²) in [5.41, 5.74) is 10.8. The summed E-state index contributed by atoms with van der Waals surface area (Å²) in [6, 6.07) is 23.7. The molecule has 228 valence electrons. The molecule has 0 bridgehead atoms. The molecule has 5 N–H and O–H groups in total. The Kier molecular flexibility index (Phi) is 11.6. The zero-order valence-electron chi connectivity index (χ0n) is 25.1. The molecule has 1 aromatic heterocycles. The monoisotopic (exact) mass is 593 g/mol. The summed E-state index contributed by atoms with van der Waals surface area (Å²) in [5.74, 6) is -0.500. The van der Waals surface area contributed by atoms with Crippen molar-refractivity contribution in [3.05, 3.63) is 131 Å². The van der Waals surface area contributed by atoms with Gasteiger partial charge in [-0.15, -0.1) is 0 Å². The molecule has 0 spiro atoms. The molecule has 44 heavy (non-hydrogen) atoms. The van der Waals surface area contributed by atoms with Crippen molar-refractivity contribution < 1.29 is 19.1 Å². The lowest BCUT2D eigenvalue weighted by atomic mass is 10.0. The first-order valence-electron chi connectivity index (χ1n) is 14.7. The van der Waals surface area contributed by atoms with Crippen molar-refractivity contribution in [3.63, 3.8) is 0 Å². The van der Waals surface area contributed by atoms with Gasteiger partial charge in [0.1, 0.15) is 17.8 Å². The van der Waals surface area contributed by atoms with Crippen LogP contribution in [0.5, 0.6) is 5.75 Å². The molecule has 0 saturated carbocycles. The number of aromatic nitrogens is 1. The Morgan fingerprint density at radius 2 is 1.52 bits per heavy atom. The SMILES string of the molecule is CCOc1ccc(C[C@@H](NC(=O)c2ccccc2)C(=O)NC(Cc2cccnc2)C(=O)NCc2ccc(CN)c(C)c2)cc1. The van der Waals surface area contributed by atoms with Gasteiger partial charge in [0.25, 0.3) is 5.91 Å². The number of hydrogen-bond acceptors (Lipinski definition) is 6. The average molecular weight is 594 g/mol. The van der Waals surface area contributed by atoms with Gasteiger partial charge in [0.05, 0.1) is 6.61 Å². The van der Waals surface area contributed by atoms with E-state index in [2.05, 4.69) is 20.9 Å². The van der Waals surface area contributed by atoms with Crippen molar-refractivity contribution in [1.29, 1.82) is 0 Å². The smallest absolute Gasteiger partial charge is 0.251 e. The van der Waals surface area contributed by atoms with Crippen LogP contribution < -0.4 is 26.4 Å². The summed E-state index contributed by atoms with van der Waals surface area (Å²) in [6.07, 6.45) is 3.75. The molecular weight excluding hydrogens is 554 g/mol. The molecule has 3 amide bonds. The standard InChI is InChI=1S/C35H39N5O4/c1-3-44-30-15-12-25(13-16-30)19-32(39-33(41)28-9-5-4-6-10-28)35(43)40-31(20-26-8-7-17-37-22-26)34(42)38-23-27-11-14-29(21-36)24(2)18-27/h4-18,22,31-32H,3,19-21,23,36H2,1-2H3,(H,38,42)(H,39,41)(H,40,43)/t31?,32-/m1/s1. The van der Waals surface area contributed by atoms with E-state index in [-0.39, 0.29) is 31.2 Å². The van der Waals surface area contributed by atoms with Crippen LogP contribution in [0.25, 0.3) is 0 Å². The first kappa shape index (κ1) is 31.9. The van der Waals surface area contributed by atoms with Crippen molar-refractivity contribution in [3.8, 4) is 5.75 Å². The maximum absolute atomic E-state index is 13.8. The Balaban J connectivity index is 1.54. The van der Waals surface area contributed by atoms with Gasteiger partial charge in [-0.25, -0.2) is 0 Å². The van der Waals surface area contributed by atoms with Crippen LogP contribution in [0.1, 0.15) is 45.1 Å². The van der Waals surface area contributed by atoms with Gasteiger partial charge in [-0.2, -0.15) is 0 Å². The molecule has 0 radical (unpaired) electrons. The zero-order chi connectivity index (χ0) is 31.3. The largest absolute Gasteiger partial charge is 0.494 e. The number of aryl methyl sites for hydroxylation is 1. The van der Waals surface area contributed by atoms with E-state index in [1.165, 1.54) is 0 Å². The molecule has 2 atom stereocenters. The first-order chi connectivity index (χ1) is 21.4. The second-order valence-corrected chi connectivity index (χ2v) is 10.5. The molecule has 3 aromatic carbocycles. The first-order valence-corrected chi connectivity index (χ1v) is 14.7. The van der Waals surface area contributed by atoms with E-state index in [9.17, 15) is 14.4 Å². The highest BCUT2D eigenvalue weighted by molar-refractivity contribution is 5.98. The Bertz CT molecular complexity index is 1530. The number of nitrogens with one attached hydrogen (secondary N) is 3. The van der Waals surface area contributed by atoms with Crippen LogP contribution in [0.3, 0.4) is 0 Å². The summed E-state index contributed by atoms with van der Waals surface area (Å²) >= 11 is 0. The van der Waals surface area contributed by atoms with Crippen molar-refractivity contribution >= 4 is 17.7 Å². The van der Waals surface area contributed by atoms with E-state index in [0.29, 0.717) is 24.5 Å². The number of carbonyl (C=O) groups excluding carboxylic acids is 3. The topological polar surface area (TPSA) is 135 Å². The van der Waals surface area contributed by atoms with Crippen LogP contribution in [0, 0.1) is 6.92 Å². The molecule has 9 heteroatoms. The Labute approximate surface area is 258 Å². The molecule has 1 heterocycles. The molecule has 4 rings (SSSR count). The predicted molar refractivity (Wildman–Crippen MR) is 170 cm³/mol. The highest BCUT2D eigenvalue weighted by Crippen LogP contribution is 2.15. The number of carbonyl (C=O) groups is 3. The highest BCUT2D eigenvalue weighted by Gasteiger charge is 2.28. The fourth-order valence-electron chi connectivity index (χ4n) is 4.81. The molecule has 0 fully saturated rings. The number of nitrogens with zero attached hydrogens (tertiary/aromatic N) is 1. The third-order valence-electron chi connectivity index (χ3n) is 7.22. The number of nitrogens with two attached hydrogens (primary N) is 1.